The van der Waals surface area contributed by atoms with Gasteiger partial charge in [-0.3, -0.25) is 9.52 Å². The molecule has 13 heteroatoms. The van der Waals surface area contributed by atoms with Crippen LogP contribution in [0.2, 0.25) is 10.0 Å². The van der Waals surface area contributed by atoms with E-state index in [9.17, 15) is 17.6 Å². The smallest absolute Gasteiger partial charge is 0.301 e. The zero-order valence-corrected chi connectivity index (χ0v) is 19.4. The number of methoxy groups -OCH3 is 1. The molecule has 0 spiro atoms. The van der Waals surface area contributed by atoms with Crippen LogP contribution < -0.4 is 15.6 Å². The van der Waals surface area contributed by atoms with Crippen molar-refractivity contribution in [1.82, 2.24) is 13.9 Å². The fourth-order valence-electron chi connectivity index (χ4n) is 3.45. The van der Waals surface area contributed by atoms with Crippen molar-refractivity contribution >= 4 is 61.4 Å². The van der Waals surface area contributed by atoms with Crippen LogP contribution in [0.25, 0.3) is 10.9 Å². The molecule has 1 fully saturated rings. The second-order valence-corrected chi connectivity index (χ2v) is 9.81. The van der Waals surface area contributed by atoms with Gasteiger partial charge >= 0.3 is 10.2 Å². The van der Waals surface area contributed by atoms with Gasteiger partial charge in [-0.2, -0.15) is 12.7 Å². The molecule has 1 aliphatic heterocycles. The lowest BCUT2D eigenvalue weighted by molar-refractivity contribution is 0.115. The number of anilines is 3. The number of hydrogen-bond donors (Lipinski definition) is 2. The standard InChI is InChI=1S/C20H20Cl2FN5O4S/c1-27-10-24-13-5-6-14(17(21)16(13)20(27)29)25-19-12(23)3-4-15(18(19)22)26-33(30,31)28-8-7-11(9-28)32-2/h3-6,10-11,25-26H,7-9H2,1-2H3/t11-/m1/s1/i2D3. The van der Waals surface area contributed by atoms with Gasteiger partial charge in [0, 0.05) is 27.2 Å². The first-order valence-electron chi connectivity index (χ1n) is 11.1. The molecule has 0 amide bonds. The predicted molar refractivity (Wildman–Crippen MR) is 126 cm³/mol. The number of nitrogens with one attached hydrogen (secondary N) is 2. The molecule has 1 saturated heterocycles. The fraction of sp³-hybridized carbons (Fsp3) is 0.300. The number of hydrogen-bond acceptors (Lipinski definition) is 6. The van der Waals surface area contributed by atoms with Gasteiger partial charge in [0.1, 0.15) is 5.82 Å². The Labute approximate surface area is 203 Å². The average Bonchev–Trinajstić information content (AvgIpc) is 3.25. The van der Waals surface area contributed by atoms with Crippen LogP contribution >= 0.6 is 23.2 Å². The van der Waals surface area contributed by atoms with E-state index in [1.54, 1.807) is 0 Å². The fourth-order valence-corrected chi connectivity index (χ4v) is 5.32. The minimum absolute atomic E-state index is 0.0139. The number of nitrogens with zero attached hydrogens (tertiary/aromatic N) is 3. The summed E-state index contributed by atoms with van der Waals surface area (Å²) < 4.78 is 71.4. The maximum atomic E-state index is 14.7. The molecule has 1 atom stereocenters. The van der Waals surface area contributed by atoms with Crippen molar-refractivity contribution in [3.63, 3.8) is 0 Å². The van der Waals surface area contributed by atoms with Gasteiger partial charge in [-0.15, -0.1) is 0 Å². The van der Waals surface area contributed by atoms with Crippen molar-refractivity contribution in [3.05, 3.63) is 56.8 Å². The maximum absolute atomic E-state index is 14.7. The van der Waals surface area contributed by atoms with Gasteiger partial charge in [0.25, 0.3) is 5.56 Å². The Balaban J connectivity index is 1.61. The van der Waals surface area contributed by atoms with Crippen molar-refractivity contribution in [1.29, 1.82) is 0 Å². The molecule has 0 aliphatic carbocycles. The Morgan fingerprint density at radius 2 is 2.00 bits per heavy atom. The Bertz CT molecular complexity index is 1500. The number of benzene rings is 2. The van der Waals surface area contributed by atoms with Crippen LogP contribution in [0.4, 0.5) is 21.5 Å². The summed E-state index contributed by atoms with van der Waals surface area (Å²) in [4.78, 5) is 16.6. The molecule has 0 bridgehead atoms. The third-order valence-corrected chi connectivity index (χ3v) is 7.50. The summed E-state index contributed by atoms with van der Waals surface area (Å²) in [6, 6.07) is 5.16. The molecule has 9 nitrogen and oxygen atoms in total. The summed E-state index contributed by atoms with van der Waals surface area (Å²) in [6.45, 7) is -0.150. The maximum Gasteiger partial charge on any atom is 0.301 e. The minimum Gasteiger partial charge on any atom is -0.380 e. The monoisotopic (exact) mass is 518 g/mol. The van der Waals surface area contributed by atoms with E-state index < -0.39 is 34.7 Å². The van der Waals surface area contributed by atoms with Crippen LogP contribution in [-0.2, 0) is 22.0 Å². The number of aryl methyl sites for hydroxylation is 1. The zero-order chi connectivity index (χ0) is 26.4. The molecule has 2 N–H and O–H groups in total. The van der Waals surface area contributed by atoms with Crippen molar-refractivity contribution in [2.45, 2.75) is 12.5 Å². The molecule has 33 heavy (non-hydrogen) atoms. The summed E-state index contributed by atoms with van der Waals surface area (Å²) >= 11 is 12.8. The first-order valence-corrected chi connectivity index (χ1v) is 11.8. The quantitative estimate of drug-likeness (QED) is 0.517. The molecule has 1 aromatic heterocycles. The van der Waals surface area contributed by atoms with Crippen LogP contribution in [0, 0.1) is 5.82 Å². The van der Waals surface area contributed by atoms with E-state index in [1.165, 1.54) is 30.1 Å². The Morgan fingerprint density at radius 1 is 1.24 bits per heavy atom. The van der Waals surface area contributed by atoms with E-state index in [-0.39, 0.29) is 52.0 Å². The van der Waals surface area contributed by atoms with Crippen LogP contribution in [0.5, 0.6) is 0 Å². The van der Waals surface area contributed by atoms with E-state index in [0.717, 1.165) is 16.4 Å². The number of rotatable bonds is 6. The van der Waals surface area contributed by atoms with Crippen LogP contribution in [-0.4, -0.2) is 48.5 Å². The second-order valence-electron chi connectivity index (χ2n) is 7.38. The summed E-state index contributed by atoms with van der Waals surface area (Å²) in [5, 5.41) is 2.54. The van der Waals surface area contributed by atoms with Gasteiger partial charge < -0.3 is 14.6 Å². The highest BCUT2D eigenvalue weighted by Gasteiger charge is 2.32. The summed E-state index contributed by atoms with van der Waals surface area (Å²) in [6.07, 6.45) is 0.739. The molecule has 2 heterocycles. The molecule has 0 radical (unpaired) electrons. The number of aromatic nitrogens is 2. The van der Waals surface area contributed by atoms with Crippen molar-refractivity contribution < 1.29 is 21.7 Å². The number of halogens is 3. The van der Waals surface area contributed by atoms with Gasteiger partial charge in [-0.25, -0.2) is 9.37 Å². The third kappa shape index (κ3) is 4.51. The van der Waals surface area contributed by atoms with E-state index in [4.69, 9.17) is 32.1 Å². The van der Waals surface area contributed by atoms with E-state index in [1.807, 2.05) is 0 Å². The van der Waals surface area contributed by atoms with Gasteiger partial charge in [0.05, 0.1) is 54.6 Å². The molecular weight excluding hydrogens is 496 g/mol. The molecule has 2 aromatic carbocycles. The Kier molecular flexibility index (Phi) is 5.49. The van der Waals surface area contributed by atoms with Crippen molar-refractivity contribution in [2.24, 2.45) is 7.05 Å². The lowest BCUT2D eigenvalue weighted by Gasteiger charge is -2.20. The van der Waals surface area contributed by atoms with E-state index in [0.29, 0.717) is 5.52 Å². The molecule has 1 aliphatic rings. The molecule has 4 rings (SSSR count). The molecule has 176 valence electrons. The van der Waals surface area contributed by atoms with Crippen LogP contribution in [0.3, 0.4) is 0 Å². The average molecular weight is 519 g/mol. The van der Waals surface area contributed by atoms with Gasteiger partial charge in [0.15, 0.2) is 0 Å². The third-order valence-electron chi connectivity index (χ3n) is 5.23. The van der Waals surface area contributed by atoms with E-state index in [2.05, 4.69) is 15.0 Å². The van der Waals surface area contributed by atoms with Crippen molar-refractivity contribution in [3.8, 4) is 0 Å². The number of fused-ring (bicyclic) bond motifs is 1. The Hall–Kier alpha value is -2.44. The molecule has 0 saturated carbocycles. The first kappa shape index (κ1) is 20.0. The predicted octanol–water partition coefficient (Wildman–Crippen LogP) is 3.50. The lowest BCUT2D eigenvalue weighted by Crippen LogP contribution is -2.35. The van der Waals surface area contributed by atoms with Crippen molar-refractivity contribution in [2.75, 3.05) is 30.2 Å². The van der Waals surface area contributed by atoms with Gasteiger partial charge in [-0.1, -0.05) is 23.2 Å². The topological polar surface area (TPSA) is 106 Å². The van der Waals surface area contributed by atoms with E-state index >= 15 is 0 Å². The summed E-state index contributed by atoms with van der Waals surface area (Å²) in [5.41, 5.74) is -0.320. The zero-order valence-electron chi connectivity index (χ0n) is 20.1. The summed E-state index contributed by atoms with van der Waals surface area (Å²) in [5.74, 6) is -0.800. The lowest BCUT2D eigenvalue weighted by atomic mass is 10.2. The van der Waals surface area contributed by atoms with Crippen LogP contribution in [0.15, 0.2) is 35.4 Å². The SMILES string of the molecule is [2H]C([2H])([2H])O[C@@H]1CCN(S(=O)(=O)Nc2ccc(F)c(Nc3ccc4ncn(C)c(=O)c4c3Cl)c2Cl)C1. The normalized spacial score (nSPS) is 18.7. The highest BCUT2D eigenvalue weighted by Crippen LogP contribution is 2.38. The molecular formula is C20H20Cl2FN5O4S. The van der Waals surface area contributed by atoms with Crippen LogP contribution in [0.1, 0.15) is 10.5 Å². The molecule has 3 aromatic rings. The first-order chi connectivity index (χ1) is 16.8. The summed E-state index contributed by atoms with van der Waals surface area (Å²) in [7, 11) is -5.31. The molecule has 0 unspecified atom stereocenters. The highest BCUT2D eigenvalue weighted by atomic mass is 35.5. The van der Waals surface area contributed by atoms with Gasteiger partial charge in [0.2, 0.25) is 0 Å². The Morgan fingerprint density at radius 3 is 2.76 bits per heavy atom. The minimum atomic E-state index is -4.17. The highest BCUT2D eigenvalue weighted by molar-refractivity contribution is 7.90. The van der Waals surface area contributed by atoms with Gasteiger partial charge in [-0.05, 0) is 30.7 Å². The largest absolute Gasteiger partial charge is 0.380 e. The number of ether oxygens (including phenoxy) is 1. The second kappa shape index (κ2) is 9.07.